The minimum absolute atomic E-state index is 0.145. The number of rotatable bonds is 7. The van der Waals surface area contributed by atoms with Gasteiger partial charge in [-0.1, -0.05) is 22.4 Å². The SMILES string of the molecule is CSCCCCCNc1cc(Br)ccc1C(F)(F)F. The number of anilines is 1. The molecule has 0 aliphatic carbocycles. The van der Waals surface area contributed by atoms with Crippen molar-refractivity contribution < 1.29 is 13.2 Å². The Balaban J connectivity index is 2.54. The third-order valence-corrected chi connectivity index (χ3v) is 3.82. The third kappa shape index (κ3) is 6.08. The number of hydrogen-bond donors (Lipinski definition) is 1. The maximum atomic E-state index is 12.8. The van der Waals surface area contributed by atoms with Crippen molar-refractivity contribution >= 4 is 33.4 Å². The van der Waals surface area contributed by atoms with E-state index in [1.165, 1.54) is 12.1 Å². The fourth-order valence-electron chi connectivity index (χ4n) is 1.68. The van der Waals surface area contributed by atoms with Gasteiger partial charge in [-0.15, -0.1) is 0 Å². The Labute approximate surface area is 124 Å². The summed E-state index contributed by atoms with van der Waals surface area (Å²) in [5.74, 6) is 1.10. The molecule has 1 N–H and O–H groups in total. The second-order valence-corrected chi connectivity index (χ2v) is 6.07. The lowest BCUT2D eigenvalue weighted by Gasteiger charge is -2.15. The fourth-order valence-corrected chi connectivity index (χ4v) is 2.54. The number of nitrogens with one attached hydrogen (secondary N) is 1. The van der Waals surface area contributed by atoms with Gasteiger partial charge in [0.2, 0.25) is 0 Å². The van der Waals surface area contributed by atoms with Crippen LogP contribution in [0.5, 0.6) is 0 Å². The molecule has 0 radical (unpaired) electrons. The van der Waals surface area contributed by atoms with Gasteiger partial charge in [0, 0.05) is 16.7 Å². The molecule has 1 nitrogen and oxygen atoms in total. The molecule has 0 saturated carbocycles. The second kappa shape index (κ2) is 8.04. The highest BCUT2D eigenvalue weighted by Gasteiger charge is 2.33. The van der Waals surface area contributed by atoms with Crippen molar-refractivity contribution in [3.63, 3.8) is 0 Å². The minimum atomic E-state index is -4.32. The Morgan fingerprint density at radius 3 is 2.58 bits per heavy atom. The first kappa shape index (κ1) is 16.7. The molecule has 0 aromatic heterocycles. The molecule has 0 atom stereocenters. The van der Waals surface area contributed by atoms with Crippen molar-refractivity contribution in [1.29, 1.82) is 0 Å². The van der Waals surface area contributed by atoms with Crippen LogP contribution in [0.1, 0.15) is 24.8 Å². The molecule has 0 aliphatic heterocycles. The van der Waals surface area contributed by atoms with Crippen LogP contribution in [0.3, 0.4) is 0 Å². The van der Waals surface area contributed by atoms with Crippen LogP contribution in [-0.4, -0.2) is 18.6 Å². The number of halogens is 4. The van der Waals surface area contributed by atoms with E-state index in [0.29, 0.717) is 11.0 Å². The maximum absolute atomic E-state index is 12.8. The van der Waals surface area contributed by atoms with E-state index in [2.05, 4.69) is 27.5 Å². The van der Waals surface area contributed by atoms with Gasteiger partial charge in [-0.2, -0.15) is 24.9 Å². The maximum Gasteiger partial charge on any atom is 0.418 e. The number of thioether (sulfide) groups is 1. The topological polar surface area (TPSA) is 12.0 Å². The van der Waals surface area contributed by atoms with Crippen molar-refractivity contribution in [3.05, 3.63) is 28.2 Å². The van der Waals surface area contributed by atoms with Gasteiger partial charge < -0.3 is 5.32 Å². The Hall–Kier alpha value is -0.360. The van der Waals surface area contributed by atoms with Gasteiger partial charge in [0.25, 0.3) is 0 Å². The van der Waals surface area contributed by atoms with Crippen molar-refractivity contribution in [1.82, 2.24) is 0 Å². The monoisotopic (exact) mass is 355 g/mol. The molecular formula is C13H17BrF3NS. The molecule has 108 valence electrons. The van der Waals surface area contributed by atoms with E-state index >= 15 is 0 Å². The highest BCUT2D eigenvalue weighted by Crippen LogP contribution is 2.36. The van der Waals surface area contributed by atoms with Crippen LogP contribution in [0, 0.1) is 0 Å². The predicted molar refractivity (Wildman–Crippen MR) is 79.9 cm³/mol. The minimum Gasteiger partial charge on any atom is -0.385 e. The predicted octanol–water partition coefficient (Wildman–Crippen LogP) is 5.41. The van der Waals surface area contributed by atoms with E-state index < -0.39 is 11.7 Å². The standard InChI is InChI=1S/C13H17BrF3NS/c1-19-8-4-2-3-7-18-12-9-10(14)5-6-11(12)13(15,16)17/h5-6,9,18H,2-4,7-8H2,1H3. The van der Waals surface area contributed by atoms with E-state index in [9.17, 15) is 13.2 Å². The Bertz CT molecular complexity index is 396. The lowest BCUT2D eigenvalue weighted by Crippen LogP contribution is -2.11. The first-order valence-electron chi connectivity index (χ1n) is 6.04. The zero-order chi connectivity index (χ0) is 14.3. The van der Waals surface area contributed by atoms with Gasteiger partial charge in [0.15, 0.2) is 0 Å². The quantitative estimate of drug-likeness (QED) is 0.656. The lowest BCUT2D eigenvalue weighted by atomic mass is 10.1. The number of hydrogen-bond acceptors (Lipinski definition) is 2. The Kier molecular flexibility index (Phi) is 7.07. The molecule has 6 heteroatoms. The molecule has 0 unspecified atom stereocenters. The summed E-state index contributed by atoms with van der Waals surface area (Å²) in [5.41, 5.74) is -0.466. The highest BCUT2D eigenvalue weighted by molar-refractivity contribution is 9.10. The first-order valence-corrected chi connectivity index (χ1v) is 8.23. The molecule has 0 fully saturated rings. The molecule has 0 amide bonds. The molecule has 0 spiro atoms. The average Bonchev–Trinajstić information content (AvgIpc) is 2.32. The fraction of sp³-hybridized carbons (Fsp3) is 0.538. The van der Waals surface area contributed by atoms with Crippen LogP contribution in [0.25, 0.3) is 0 Å². The summed E-state index contributed by atoms with van der Waals surface area (Å²) in [6.45, 7) is 0.563. The Morgan fingerprint density at radius 2 is 1.95 bits per heavy atom. The van der Waals surface area contributed by atoms with E-state index in [1.807, 2.05) is 0 Å². The van der Waals surface area contributed by atoms with Gasteiger partial charge in [-0.25, -0.2) is 0 Å². The van der Waals surface area contributed by atoms with Gasteiger partial charge >= 0.3 is 6.18 Å². The molecule has 1 rings (SSSR count). The number of benzene rings is 1. The van der Waals surface area contributed by atoms with Crippen molar-refractivity contribution in [2.24, 2.45) is 0 Å². The largest absolute Gasteiger partial charge is 0.418 e. The molecule has 19 heavy (non-hydrogen) atoms. The van der Waals surface area contributed by atoms with Crippen LogP contribution in [-0.2, 0) is 6.18 Å². The van der Waals surface area contributed by atoms with E-state index in [-0.39, 0.29) is 5.69 Å². The van der Waals surface area contributed by atoms with Crippen LogP contribution in [0.15, 0.2) is 22.7 Å². The van der Waals surface area contributed by atoms with E-state index in [0.717, 1.165) is 31.1 Å². The summed E-state index contributed by atoms with van der Waals surface area (Å²) >= 11 is 4.98. The highest BCUT2D eigenvalue weighted by atomic mass is 79.9. The molecular weight excluding hydrogens is 339 g/mol. The summed E-state index contributed by atoms with van der Waals surface area (Å²) in [4.78, 5) is 0. The van der Waals surface area contributed by atoms with Crippen LogP contribution in [0.4, 0.5) is 18.9 Å². The van der Waals surface area contributed by atoms with E-state index in [1.54, 1.807) is 11.8 Å². The summed E-state index contributed by atoms with van der Waals surface area (Å²) in [6, 6.07) is 3.98. The normalized spacial score (nSPS) is 11.6. The smallest absolute Gasteiger partial charge is 0.385 e. The molecule has 1 aromatic rings. The van der Waals surface area contributed by atoms with Crippen molar-refractivity contribution in [2.45, 2.75) is 25.4 Å². The zero-order valence-corrected chi connectivity index (χ0v) is 13.1. The molecule has 0 bridgehead atoms. The Morgan fingerprint density at radius 1 is 1.21 bits per heavy atom. The summed E-state index contributed by atoms with van der Waals surface area (Å²) in [5, 5.41) is 2.88. The van der Waals surface area contributed by atoms with Crippen LogP contribution < -0.4 is 5.32 Å². The summed E-state index contributed by atoms with van der Waals surface area (Å²) in [7, 11) is 0. The van der Waals surface area contributed by atoms with Crippen LogP contribution >= 0.6 is 27.7 Å². The van der Waals surface area contributed by atoms with Crippen LogP contribution in [0.2, 0.25) is 0 Å². The van der Waals surface area contributed by atoms with Gasteiger partial charge in [0.05, 0.1) is 5.56 Å². The molecule has 1 aromatic carbocycles. The van der Waals surface area contributed by atoms with Crippen molar-refractivity contribution in [3.8, 4) is 0 Å². The molecule has 0 aliphatic rings. The van der Waals surface area contributed by atoms with Gasteiger partial charge in [0.1, 0.15) is 0 Å². The second-order valence-electron chi connectivity index (χ2n) is 4.17. The number of unbranched alkanes of at least 4 members (excludes halogenated alkanes) is 2. The lowest BCUT2D eigenvalue weighted by molar-refractivity contribution is -0.136. The van der Waals surface area contributed by atoms with Crippen molar-refractivity contribution in [2.75, 3.05) is 23.9 Å². The average molecular weight is 356 g/mol. The third-order valence-electron chi connectivity index (χ3n) is 2.63. The zero-order valence-electron chi connectivity index (χ0n) is 10.7. The number of alkyl halides is 3. The first-order chi connectivity index (χ1) is 8.95. The van der Waals surface area contributed by atoms with Gasteiger partial charge in [-0.05, 0) is 43.0 Å². The molecule has 0 heterocycles. The summed E-state index contributed by atoms with van der Waals surface area (Å²) in [6.07, 6.45) is 0.748. The van der Waals surface area contributed by atoms with Gasteiger partial charge in [-0.3, -0.25) is 0 Å². The summed E-state index contributed by atoms with van der Waals surface area (Å²) < 4.78 is 39.0. The molecule has 0 saturated heterocycles. The van der Waals surface area contributed by atoms with E-state index in [4.69, 9.17) is 0 Å².